The zero-order chi connectivity index (χ0) is 12.2. The van der Waals surface area contributed by atoms with E-state index in [9.17, 15) is 0 Å². The Morgan fingerprint density at radius 3 is 2.50 bits per heavy atom. The van der Waals surface area contributed by atoms with Crippen molar-refractivity contribution in [1.82, 2.24) is 0 Å². The van der Waals surface area contributed by atoms with Gasteiger partial charge in [0.1, 0.15) is 5.60 Å². The van der Waals surface area contributed by atoms with Crippen LogP contribution in [0, 0.1) is 0 Å². The third kappa shape index (κ3) is 3.97. The summed E-state index contributed by atoms with van der Waals surface area (Å²) in [6.07, 6.45) is 10.2. The quantitative estimate of drug-likeness (QED) is 0.477. The third-order valence-corrected chi connectivity index (χ3v) is 3.16. The smallest absolute Gasteiger partial charge is 0.110 e. The lowest BCUT2D eigenvalue weighted by Crippen LogP contribution is -2.03. The molecule has 90 valence electrons. The van der Waals surface area contributed by atoms with E-state index in [1.807, 2.05) is 6.08 Å². The van der Waals surface area contributed by atoms with Gasteiger partial charge in [-0.15, -0.1) is 6.58 Å². The van der Waals surface area contributed by atoms with Crippen LogP contribution in [0.5, 0.6) is 0 Å². The van der Waals surface area contributed by atoms with Crippen molar-refractivity contribution in [1.29, 1.82) is 0 Å². The Bertz CT molecular complexity index is 307. The van der Waals surface area contributed by atoms with Gasteiger partial charge in [-0.25, -0.2) is 0 Å². The van der Waals surface area contributed by atoms with E-state index in [1.54, 1.807) is 0 Å². The minimum absolute atomic E-state index is 0.0588. The first kappa shape index (κ1) is 13.2. The van der Waals surface area contributed by atoms with Crippen molar-refractivity contribution in [2.45, 2.75) is 58.7 Å². The lowest BCUT2D eigenvalue weighted by molar-refractivity contribution is 0.343. The minimum atomic E-state index is -0.0588. The molecule has 0 bridgehead atoms. The number of hydrogen-bond donors (Lipinski definition) is 0. The molecule has 1 heterocycles. The Morgan fingerprint density at radius 1 is 1.31 bits per heavy atom. The first-order valence-corrected chi connectivity index (χ1v) is 6.08. The Hall–Kier alpha value is -0.820. The molecule has 2 atom stereocenters. The van der Waals surface area contributed by atoms with Crippen molar-refractivity contribution < 1.29 is 4.74 Å². The lowest BCUT2D eigenvalue weighted by atomic mass is 10.0. The van der Waals surface area contributed by atoms with Crippen LogP contribution in [0.1, 0.15) is 47.0 Å². The number of epoxide rings is 1. The topological polar surface area (TPSA) is 12.5 Å². The summed E-state index contributed by atoms with van der Waals surface area (Å²) in [6, 6.07) is 0. The predicted molar refractivity (Wildman–Crippen MR) is 70.5 cm³/mol. The van der Waals surface area contributed by atoms with E-state index < -0.39 is 0 Å². The molecule has 1 saturated heterocycles. The van der Waals surface area contributed by atoms with Crippen LogP contribution >= 0.6 is 0 Å². The van der Waals surface area contributed by atoms with Gasteiger partial charge < -0.3 is 4.74 Å². The van der Waals surface area contributed by atoms with E-state index in [0.717, 1.165) is 19.3 Å². The number of allylic oxidation sites excluding steroid dienone is 3. The van der Waals surface area contributed by atoms with Gasteiger partial charge in [0.25, 0.3) is 0 Å². The van der Waals surface area contributed by atoms with Gasteiger partial charge in [-0.2, -0.15) is 0 Å². The average Bonchev–Trinajstić information content (AvgIpc) is 2.87. The summed E-state index contributed by atoms with van der Waals surface area (Å²) in [5, 5.41) is 0. The van der Waals surface area contributed by atoms with E-state index in [-0.39, 0.29) is 5.60 Å². The molecule has 1 heteroatoms. The normalized spacial score (nSPS) is 28.8. The molecule has 0 spiro atoms. The Kier molecular flexibility index (Phi) is 4.55. The van der Waals surface area contributed by atoms with Crippen molar-refractivity contribution in [3.05, 3.63) is 36.0 Å². The predicted octanol–water partition coefficient (Wildman–Crippen LogP) is 4.41. The van der Waals surface area contributed by atoms with Crippen LogP contribution in [0.4, 0.5) is 0 Å². The molecular formula is C15H24O. The summed E-state index contributed by atoms with van der Waals surface area (Å²) in [6.45, 7) is 12.4. The molecule has 0 aliphatic carbocycles. The summed E-state index contributed by atoms with van der Waals surface area (Å²) in [4.78, 5) is 0. The zero-order valence-electron chi connectivity index (χ0n) is 11.0. The van der Waals surface area contributed by atoms with Gasteiger partial charge in [0.15, 0.2) is 0 Å². The van der Waals surface area contributed by atoms with E-state index >= 15 is 0 Å². The Labute approximate surface area is 99.9 Å². The van der Waals surface area contributed by atoms with Gasteiger partial charge in [0, 0.05) is 0 Å². The molecule has 1 fully saturated rings. The SMILES string of the molecule is C=C[C@@]1(C)O[C@@H]1C/C=C(\C)CCC=C(C)C. The monoisotopic (exact) mass is 220 g/mol. The fourth-order valence-corrected chi connectivity index (χ4v) is 1.73. The first-order chi connectivity index (χ1) is 7.48. The largest absolute Gasteiger partial charge is 0.362 e. The van der Waals surface area contributed by atoms with Crippen LogP contribution in [0.3, 0.4) is 0 Å². The second kappa shape index (κ2) is 5.49. The van der Waals surface area contributed by atoms with E-state index in [1.165, 1.54) is 11.1 Å². The summed E-state index contributed by atoms with van der Waals surface area (Å²) in [5.41, 5.74) is 2.80. The molecule has 1 nitrogen and oxygen atoms in total. The van der Waals surface area contributed by atoms with Crippen molar-refractivity contribution in [2.24, 2.45) is 0 Å². The number of hydrogen-bond acceptors (Lipinski definition) is 1. The number of ether oxygens (including phenoxy) is 1. The molecule has 0 aromatic heterocycles. The zero-order valence-corrected chi connectivity index (χ0v) is 11.0. The molecule has 0 N–H and O–H groups in total. The third-order valence-electron chi connectivity index (χ3n) is 3.16. The van der Waals surface area contributed by atoms with Crippen LogP contribution < -0.4 is 0 Å². The van der Waals surface area contributed by atoms with Crippen molar-refractivity contribution >= 4 is 0 Å². The van der Waals surface area contributed by atoms with Gasteiger partial charge in [-0.3, -0.25) is 0 Å². The molecule has 1 aliphatic rings. The second-order valence-corrected chi connectivity index (χ2v) is 5.10. The molecule has 16 heavy (non-hydrogen) atoms. The van der Waals surface area contributed by atoms with Crippen LogP contribution in [0.2, 0.25) is 0 Å². The minimum Gasteiger partial charge on any atom is -0.362 e. The summed E-state index contributed by atoms with van der Waals surface area (Å²) >= 11 is 0. The van der Waals surface area contributed by atoms with Crippen molar-refractivity contribution in [2.75, 3.05) is 0 Å². The average molecular weight is 220 g/mol. The van der Waals surface area contributed by atoms with Crippen molar-refractivity contribution in [3.63, 3.8) is 0 Å². The molecule has 1 aliphatic heterocycles. The van der Waals surface area contributed by atoms with E-state index in [0.29, 0.717) is 6.10 Å². The maximum Gasteiger partial charge on any atom is 0.110 e. The molecule has 0 amide bonds. The molecular weight excluding hydrogens is 196 g/mol. The second-order valence-electron chi connectivity index (χ2n) is 5.10. The maximum atomic E-state index is 5.57. The van der Waals surface area contributed by atoms with Gasteiger partial charge in [-0.1, -0.05) is 29.4 Å². The standard InChI is InChI=1S/C15H24O/c1-6-15(5)14(16-15)11-10-13(4)9-7-8-12(2)3/h6,8,10,14H,1,7,9,11H2,2-5H3/b13-10+/t14-,15-/m1/s1. The van der Waals surface area contributed by atoms with Crippen LogP contribution in [0.15, 0.2) is 36.0 Å². The Morgan fingerprint density at radius 2 is 2.00 bits per heavy atom. The highest BCUT2D eigenvalue weighted by Crippen LogP contribution is 2.39. The van der Waals surface area contributed by atoms with Gasteiger partial charge in [0.2, 0.25) is 0 Å². The van der Waals surface area contributed by atoms with Crippen LogP contribution in [-0.4, -0.2) is 11.7 Å². The molecule has 0 unspecified atom stereocenters. The molecule has 0 aromatic rings. The molecule has 1 rings (SSSR count). The van der Waals surface area contributed by atoms with Crippen LogP contribution in [0.25, 0.3) is 0 Å². The Balaban J connectivity index is 2.25. The molecule has 0 aromatic carbocycles. The van der Waals surface area contributed by atoms with Gasteiger partial charge >= 0.3 is 0 Å². The molecule has 0 radical (unpaired) electrons. The fourth-order valence-electron chi connectivity index (χ4n) is 1.73. The maximum absolute atomic E-state index is 5.57. The fraction of sp³-hybridized carbons (Fsp3) is 0.600. The van der Waals surface area contributed by atoms with Gasteiger partial charge in [-0.05, 0) is 47.0 Å². The number of rotatable bonds is 6. The van der Waals surface area contributed by atoms with Crippen LogP contribution in [-0.2, 0) is 4.74 Å². The summed E-state index contributed by atoms with van der Waals surface area (Å²) in [7, 11) is 0. The highest BCUT2D eigenvalue weighted by atomic mass is 16.6. The first-order valence-electron chi connectivity index (χ1n) is 6.08. The van der Waals surface area contributed by atoms with Gasteiger partial charge in [0.05, 0.1) is 6.10 Å². The van der Waals surface area contributed by atoms with E-state index in [2.05, 4.69) is 46.4 Å². The van der Waals surface area contributed by atoms with Crippen molar-refractivity contribution in [3.8, 4) is 0 Å². The van der Waals surface area contributed by atoms with E-state index in [4.69, 9.17) is 4.74 Å². The summed E-state index contributed by atoms with van der Waals surface area (Å²) in [5.74, 6) is 0. The lowest BCUT2D eigenvalue weighted by Gasteiger charge is -1.99. The summed E-state index contributed by atoms with van der Waals surface area (Å²) < 4.78 is 5.57. The molecule has 0 saturated carbocycles. The highest BCUT2D eigenvalue weighted by molar-refractivity contribution is 5.14. The highest BCUT2D eigenvalue weighted by Gasteiger charge is 2.48.